The van der Waals surface area contributed by atoms with E-state index in [0.29, 0.717) is 11.9 Å². The SMILES string of the molecule is C=CCC1CC[C@@H](c2ccc(Cl)cc2)N(C(C2CC2)C2CC2)C1=O.CC.Clc1ccccc1. The average molecular weight is 487 g/mol. The van der Waals surface area contributed by atoms with Gasteiger partial charge in [-0.2, -0.15) is 0 Å². The van der Waals surface area contributed by atoms with Crippen LogP contribution in [0.25, 0.3) is 0 Å². The molecule has 2 saturated carbocycles. The minimum atomic E-state index is 0.131. The van der Waals surface area contributed by atoms with E-state index in [9.17, 15) is 4.79 Å². The Labute approximate surface area is 210 Å². The molecule has 0 bridgehead atoms. The van der Waals surface area contributed by atoms with Gasteiger partial charge in [0.15, 0.2) is 0 Å². The molecule has 2 atom stereocenters. The monoisotopic (exact) mass is 485 g/mol. The van der Waals surface area contributed by atoms with E-state index in [4.69, 9.17) is 23.2 Å². The van der Waals surface area contributed by atoms with Gasteiger partial charge >= 0.3 is 0 Å². The molecule has 1 saturated heterocycles. The number of piperidine rings is 1. The number of carbonyl (C=O) groups is 1. The van der Waals surface area contributed by atoms with E-state index in [-0.39, 0.29) is 12.0 Å². The van der Waals surface area contributed by atoms with E-state index in [2.05, 4.69) is 23.6 Å². The number of rotatable bonds is 6. The molecular weight excluding hydrogens is 449 g/mol. The molecule has 5 rings (SSSR count). The molecule has 2 aromatic rings. The zero-order valence-corrected chi connectivity index (χ0v) is 21.4. The molecule has 4 heteroatoms. The van der Waals surface area contributed by atoms with Crippen LogP contribution in [-0.4, -0.2) is 16.8 Å². The second kappa shape index (κ2) is 12.6. The Kier molecular flexibility index (Phi) is 9.89. The van der Waals surface area contributed by atoms with Crippen molar-refractivity contribution >= 4 is 29.1 Å². The van der Waals surface area contributed by atoms with Crippen LogP contribution in [0.15, 0.2) is 67.3 Å². The first-order chi connectivity index (χ1) is 16.1. The molecule has 2 aliphatic carbocycles. The number of halogens is 2. The molecule has 178 valence electrons. The fourth-order valence-electron chi connectivity index (χ4n) is 4.90. The van der Waals surface area contributed by atoms with Crippen LogP contribution in [0.4, 0.5) is 0 Å². The van der Waals surface area contributed by atoms with Crippen molar-refractivity contribution < 1.29 is 4.79 Å². The number of amides is 1. The summed E-state index contributed by atoms with van der Waals surface area (Å²) in [6, 6.07) is 18.3. The predicted molar refractivity (Wildman–Crippen MR) is 141 cm³/mol. The standard InChI is InChI=1S/C21H26ClNO.C6H5Cl.C2H6/c1-2-3-17-10-13-19(14-8-11-18(22)12-9-14)23(21(17)24)20(15-4-5-15)16-6-7-16;7-6-4-2-1-3-5-6;1-2/h2,8-9,11-12,15-17,19-20H,1,3-7,10,13H2;1-5H;1-2H3/t17?,19-;;/m0../s1. The fourth-order valence-corrected chi connectivity index (χ4v) is 5.17. The van der Waals surface area contributed by atoms with Crippen LogP contribution in [0.1, 0.15) is 70.4 Å². The normalized spacial score (nSPS) is 22.1. The van der Waals surface area contributed by atoms with E-state index in [1.54, 1.807) is 0 Å². The molecule has 2 aromatic carbocycles. The number of hydrogen-bond donors (Lipinski definition) is 0. The third-order valence-corrected chi connectivity index (χ3v) is 7.20. The maximum Gasteiger partial charge on any atom is 0.226 e. The first kappa shape index (κ1) is 25.8. The second-order valence-electron chi connectivity index (χ2n) is 9.07. The van der Waals surface area contributed by atoms with Crippen molar-refractivity contribution in [1.29, 1.82) is 0 Å². The number of allylic oxidation sites excluding steroid dienone is 1. The maximum atomic E-state index is 13.3. The van der Waals surface area contributed by atoms with Gasteiger partial charge in [0.1, 0.15) is 0 Å². The predicted octanol–water partition coefficient (Wildman–Crippen LogP) is 8.75. The highest BCUT2D eigenvalue weighted by Crippen LogP contribution is 2.51. The topological polar surface area (TPSA) is 20.3 Å². The summed E-state index contributed by atoms with van der Waals surface area (Å²) in [5.41, 5.74) is 1.25. The molecule has 1 unspecified atom stereocenters. The number of carbonyl (C=O) groups excluding carboxylic acids is 1. The summed E-state index contributed by atoms with van der Waals surface area (Å²) in [6.45, 7) is 7.86. The van der Waals surface area contributed by atoms with Gasteiger partial charge in [-0.25, -0.2) is 0 Å². The second-order valence-corrected chi connectivity index (χ2v) is 9.95. The van der Waals surface area contributed by atoms with Crippen molar-refractivity contribution in [2.24, 2.45) is 17.8 Å². The molecule has 1 amide bonds. The van der Waals surface area contributed by atoms with Crippen LogP contribution in [0.3, 0.4) is 0 Å². The summed E-state index contributed by atoms with van der Waals surface area (Å²) in [6.07, 6.45) is 9.93. The Bertz CT molecular complexity index is 862. The minimum absolute atomic E-state index is 0.131. The van der Waals surface area contributed by atoms with Crippen LogP contribution < -0.4 is 0 Å². The van der Waals surface area contributed by atoms with E-state index in [0.717, 1.165) is 41.1 Å². The number of hydrogen-bond acceptors (Lipinski definition) is 1. The summed E-state index contributed by atoms with van der Waals surface area (Å²) in [7, 11) is 0. The Hall–Kier alpha value is -1.77. The van der Waals surface area contributed by atoms with Crippen LogP contribution in [-0.2, 0) is 4.79 Å². The van der Waals surface area contributed by atoms with Gasteiger partial charge in [0, 0.05) is 22.0 Å². The van der Waals surface area contributed by atoms with E-state index >= 15 is 0 Å². The zero-order valence-electron chi connectivity index (χ0n) is 19.9. The summed E-state index contributed by atoms with van der Waals surface area (Å²) in [4.78, 5) is 15.6. The largest absolute Gasteiger partial charge is 0.332 e. The molecule has 1 heterocycles. The Morgan fingerprint density at radius 2 is 1.42 bits per heavy atom. The maximum absolute atomic E-state index is 13.3. The number of nitrogens with zero attached hydrogens (tertiary/aromatic N) is 1. The number of benzene rings is 2. The van der Waals surface area contributed by atoms with Crippen molar-refractivity contribution in [3.63, 3.8) is 0 Å². The van der Waals surface area contributed by atoms with Crippen LogP contribution in [0.2, 0.25) is 10.0 Å². The van der Waals surface area contributed by atoms with E-state index < -0.39 is 0 Å². The number of likely N-dealkylation sites (tertiary alicyclic amines) is 1. The molecule has 2 nitrogen and oxygen atoms in total. The molecule has 0 radical (unpaired) electrons. The van der Waals surface area contributed by atoms with Gasteiger partial charge in [-0.15, -0.1) is 6.58 Å². The average Bonchev–Trinajstić information content (AvgIpc) is 3.75. The molecule has 0 spiro atoms. The molecule has 33 heavy (non-hydrogen) atoms. The lowest BCUT2D eigenvalue weighted by Crippen LogP contribution is -2.50. The van der Waals surface area contributed by atoms with Crippen molar-refractivity contribution in [3.05, 3.63) is 82.9 Å². The van der Waals surface area contributed by atoms with E-state index in [1.807, 2.05) is 62.4 Å². The van der Waals surface area contributed by atoms with Gasteiger partial charge in [0.05, 0.1) is 6.04 Å². The van der Waals surface area contributed by atoms with Crippen molar-refractivity contribution in [2.45, 2.75) is 70.9 Å². The van der Waals surface area contributed by atoms with Crippen molar-refractivity contribution in [3.8, 4) is 0 Å². The van der Waals surface area contributed by atoms with E-state index in [1.165, 1.54) is 31.2 Å². The molecule has 0 aromatic heterocycles. The van der Waals surface area contributed by atoms with Gasteiger partial charge in [0.2, 0.25) is 5.91 Å². The Morgan fingerprint density at radius 1 is 0.879 bits per heavy atom. The quantitative estimate of drug-likeness (QED) is 0.374. The Balaban J connectivity index is 0.000000289. The first-order valence-corrected chi connectivity index (χ1v) is 13.2. The van der Waals surface area contributed by atoms with Gasteiger partial charge in [-0.1, -0.05) is 73.5 Å². The van der Waals surface area contributed by atoms with Gasteiger partial charge in [0.25, 0.3) is 0 Å². The third kappa shape index (κ3) is 7.11. The fraction of sp³-hybridized carbons (Fsp3) is 0.483. The highest BCUT2D eigenvalue weighted by atomic mass is 35.5. The molecule has 0 N–H and O–H groups in total. The highest BCUT2D eigenvalue weighted by Gasteiger charge is 2.50. The summed E-state index contributed by atoms with van der Waals surface area (Å²) in [5, 5.41) is 1.56. The lowest BCUT2D eigenvalue weighted by atomic mass is 9.84. The highest BCUT2D eigenvalue weighted by molar-refractivity contribution is 6.30. The molecule has 3 aliphatic rings. The van der Waals surface area contributed by atoms with Crippen LogP contribution in [0, 0.1) is 17.8 Å². The summed E-state index contributed by atoms with van der Waals surface area (Å²) < 4.78 is 0. The van der Waals surface area contributed by atoms with Crippen molar-refractivity contribution in [1.82, 2.24) is 4.90 Å². The Morgan fingerprint density at radius 3 is 1.88 bits per heavy atom. The van der Waals surface area contributed by atoms with Gasteiger partial charge < -0.3 is 4.90 Å². The zero-order chi connectivity index (χ0) is 23.8. The lowest BCUT2D eigenvalue weighted by Gasteiger charge is -2.45. The van der Waals surface area contributed by atoms with Gasteiger partial charge in [-0.3, -0.25) is 4.79 Å². The van der Waals surface area contributed by atoms with Crippen molar-refractivity contribution in [2.75, 3.05) is 0 Å². The summed E-state index contributed by atoms with van der Waals surface area (Å²) in [5.74, 6) is 1.97. The molecule has 1 aliphatic heterocycles. The van der Waals surface area contributed by atoms with Gasteiger partial charge in [-0.05, 0) is 86.6 Å². The van der Waals surface area contributed by atoms with Crippen LogP contribution >= 0.6 is 23.2 Å². The summed E-state index contributed by atoms with van der Waals surface area (Å²) >= 11 is 11.6. The smallest absolute Gasteiger partial charge is 0.226 e. The molecule has 3 fully saturated rings. The first-order valence-electron chi connectivity index (χ1n) is 12.5. The lowest BCUT2D eigenvalue weighted by molar-refractivity contribution is -0.146. The minimum Gasteiger partial charge on any atom is -0.332 e. The van der Waals surface area contributed by atoms with Crippen LogP contribution in [0.5, 0.6) is 0 Å². The third-order valence-electron chi connectivity index (χ3n) is 6.70. The molecular formula is C29H37Cl2NO.